The smallest absolute Gasteiger partial charge is 0.194 e. The summed E-state index contributed by atoms with van der Waals surface area (Å²) in [4.78, 5) is 17.1. The molecule has 0 atom stereocenters. The van der Waals surface area contributed by atoms with Crippen LogP contribution in [0.4, 0.5) is 0 Å². The summed E-state index contributed by atoms with van der Waals surface area (Å²) < 4.78 is 26.0. The van der Waals surface area contributed by atoms with E-state index < -0.39 is 9.84 Å². The number of rotatable bonds is 5. The summed E-state index contributed by atoms with van der Waals surface area (Å²) in [6.07, 6.45) is 3.02. The fourth-order valence-corrected chi connectivity index (χ4v) is 4.54. The molecule has 3 rings (SSSR count). The van der Waals surface area contributed by atoms with E-state index in [0.29, 0.717) is 16.1 Å². The molecule has 6 heteroatoms. The molecule has 0 spiro atoms. The molecule has 0 saturated heterocycles. The highest BCUT2D eigenvalue weighted by molar-refractivity contribution is 7.90. The predicted molar refractivity (Wildman–Crippen MR) is 115 cm³/mol. The lowest BCUT2D eigenvalue weighted by Crippen LogP contribution is -2.13. The number of carbonyl (C=O) groups is 1. The van der Waals surface area contributed by atoms with Crippen molar-refractivity contribution in [3.8, 4) is 0 Å². The third-order valence-electron chi connectivity index (χ3n) is 4.67. The number of aromatic nitrogens is 1. The third kappa shape index (κ3) is 4.92. The number of ketones is 1. The molecule has 0 aliphatic carbocycles. The Morgan fingerprint density at radius 2 is 1.72 bits per heavy atom. The van der Waals surface area contributed by atoms with E-state index in [0.717, 1.165) is 5.56 Å². The molecule has 0 amide bonds. The van der Waals surface area contributed by atoms with Crippen LogP contribution in [0.2, 0.25) is 5.02 Å². The topological polar surface area (TPSA) is 64.1 Å². The molecule has 3 aromatic rings. The molecule has 2 aromatic carbocycles. The summed E-state index contributed by atoms with van der Waals surface area (Å²) in [6, 6.07) is 14.9. The lowest BCUT2D eigenvalue weighted by atomic mass is 9.87. The van der Waals surface area contributed by atoms with Crippen LogP contribution in [-0.2, 0) is 21.0 Å². The van der Waals surface area contributed by atoms with Crippen molar-refractivity contribution in [2.24, 2.45) is 0 Å². The van der Waals surface area contributed by atoms with E-state index >= 15 is 0 Å². The molecule has 0 fully saturated rings. The van der Waals surface area contributed by atoms with Gasteiger partial charge in [-0.2, -0.15) is 0 Å². The van der Waals surface area contributed by atoms with E-state index in [4.69, 9.17) is 11.6 Å². The number of pyridine rings is 1. The quantitative estimate of drug-likeness (QED) is 0.522. The molecule has 0 unspecified atom stereocenters. The van der Waals surface area contributed by atoms with Crippen LogP contribution in [0.5, 0.6) is 0 Å². The normalized spacial score (nSPS) is 12.0. The molecule has 0 aliphatic heterocycles. The summed E-state index contributed by atoms with van der Waals surface area (Å²) in [5.41, 5.74) is 2.03. The monoisotopic (exact) mass is 427 g/mol. The highest BCUT2D eigenvalue weighted by atomic mass is 35.5. The number of hydrogen-bond acceptors (Lipinski definition) is 4. The average Bonchev–Trinajstić information content (AvgIpc) is 2.69. The second kappa shape index (κ2) is 8.09. The van der Waals surface area contributed by atoms with Gasteiger partial charge in [0, 0.05) is 28.5 Å². The van der Waals surface area contributed by atoms with Gasteiger partial charge in [-0.05, 0) is 52.9 Å². The van der Waals surface area contributed by atoms with Crippen molar-refractivity contribution < 1.29 is 13.2 Å². The molecule has 1 aromatic heterocycles. The fourth-order valence-electron chi connectivity index (χ4n) is 2.99. The van der Waals surface area contributed by atoms with Crippen LogP contribution < -0.4 is 0 Å². The SMILES string of the molecule is CC(C)(C)c1ccc(S(=O)(=O)Cc2ccc(Cl)cc2C(=O)c2cccnc2)cc1. The number of benzene rings is 2. The van der Waals surface area contributed by atoms with E-state index in [1.165, 1.54) is 12.3 Å². The van der Waals surface area contributed by atoms with Gasteiger partial charge < -0.3 is 0 Å². The number of carbonyl (C=O) groups excluding carboxylic acids is 1. The van der Waals surface area contributed by atoms with E-state index in [2.05, 4.69) is 25.8 Å². The zero-order chi connectivity index (χ0) is 21.2. The lowest BCUT2D eigenvalue weighted by molar-refractivity contribution is 0.103. The first-order valence-electron chi connectivity index (χ1n) is 9.14. The Labute approximate surface area is 176 Å². The molecule has 1 heterocycles. The highest BCUT2D eigenvalue weighted by Crippen LogP contribution is 2.27. The van der Waals surface area contributed by atoms with Crippen LogP contribution in [0.15, 0.2) is 71.9 Å². The van der Waals surface area contributed by atoms with E-state index in [1.54, 1.807) is 42.6 Å². The first kappa shape index (κ1) is 21.2. The minimum absolute atomic E-state index is 0.0677. The predicted octanol–water partition coefficient (Wildman–Crippen LogP) is 5.24. The number of halogens is 1. The van der Waals surface area contributed by atoms with Gasteiger partial charge in [0.15, 0.2) is 15.6 Å². The summed E-state index contributed by atoms with van der Waals surface area (Å²) in [7, 11) is -3.64. The molecule has 0 bridgehead atoms. The molecule has 0 aliphatic rings. The van der Waals surface area contributed by atoms with Crippen LogP contribution >= 0.6 is 11.6 Å². The van der Waals surface area contributed by atoms with Crippen LogP contribution in [0.3, 0.4) is 0 Å². The van der Waals surface area contributed by atoms with Crippen LogP contribution in [0.1, 0.15) is 47.8 Å². The third-order valence-corrected chi connectivity index (χ3v) is 6.58. The molecule has 150 valence electrons. The Kier molecular flexibility index (Phi) is 5.92. The maximum absolute atomic E-state index is 13.0. The standard InChI is InChI=1S/C23H22ClNO3S/c1-23(2,3)18-7-10-20(11-8-18)29(27,28)15-17-6-9-19(24)13-21(17)22(26)16-5-4-12-25-14-16/h4-14H,15H2,1-3H3. The van der Waals surface area contributed by atoms with Crippen molar-refractivity contribution in [1.29, 1.82) is 0 Å². The zero-order valence-corrected chi connectivity index (χ0v) is 18.1. The van der Waals surface area contributed by atoms with Gasteiger partial charge in [0.05, 0.1) is 10.6 Å². The Balaban J connectivity index is 1.96. The zero-order valence-electron chi connectivity index (χ0n) is 16.5. The largest absolute Gasteiger partial charge is 0.289 e. The van der Waals surface area contributed by atoms with Gasteiger partial charge in [0.1, 0.15) is 0 Å². The minimum atomic E-state index is -3.64. The molecule has 29 heavy (non-hydrogen) atoms. The average molecular weight is 428 g/mol. The van der Waals surface area contributed by atoms with Gasteiger partial charge in [0.25, 0.3) is 0 Å². The van der Waals surface area contributed by atoms with Gasteiger partial charge >= 0.3 is 0 Å². The van der Waals surface area contributed by atoms with Gasteiger partial charge in [0.2, 0.25) is 0 Å². The number of hydrogen-bond donors (Lipinski definition) is 0. The number of sulfone groups is 1. The first-order valence-corrected chi connectivity index (χ1v) is 11.2. The van der Waals surface area contributed by atoms with Crippen LogP contribution in [0.25, 0.3) is 0 Å². The summed E-state index contributed by atoms with van der Waals surface area (Å²) in [5.74, 6) is -0.603. The minimum Gasteiger partial charge on any atom is -0.289 e. The maximum atomic E-state index is 13.0. The Morgan fingerprint density at radius 1 is 1.03 bits per heavy atom. The summed E-state index contributed by atoms with van der Waals surface area (Å²) in [5, 5.41) is 0.368. The van der Waals surface area contributed by atoms with Crippen molar-refractivity contribution >= 4 is 27.2 Å². The van der Waals surface area contributed by atoms with Gasteiger partial charge in [-0.25, -0.2) is 8.42 Å². The van der Waals surface area contributed by atoms with Crippen molar-refractivity contribution in [3.63, 3.8) is 0 Å². The van der Waals surface area contributed by atoms with Crippen LogP contribution in [0, 0.1) is 0 Å². The summed E-state index contributed by atoms with van der Waals surface area (Å²) in [6.45, 7) is 6.21. The second-order valence-corrected chi connectivity index (χ2v) is 10.3. The van der Waals surface area contributed by atoms with Crippen molar-refractivity contribution in [3.05, 3.63) is 94.3 Å². The molecule has 0 radical (unpaired) electrons. The highest BCUT2D eigenvalue weighted by Gasteiger charge is 2.22. The van der Waals surface area contributed by atoms with E-state index in [1.807, 2.05) is 12.1 Å². The van der Waals surface area contributed by atoms with E-state index in [9.17, 15) is 13.2 Å². The Bertz CT molecular complexity index is 1130. The lowest BCUT2D eigenvalue weighted by Gasteiger charge is -2.19. The van der Waals surface area contributed by atoms with Crippen molar-refractivity contribution in [2.75, 3.05) is 0 Å². The van der Waals surface area contributed by atoms with Gasteiger partial charge in [-0.15, -0.1) is 0 Å². The number of nitrogens with zero attached hydrogens (tertiary/aromatic N) is 1. The molecule has 0 N–H and O–H groups in total. The van der Waals surface area contributed by atoms with Gasteiger partial charge in [-0.1, -0.05) is 50.6 Å². The van der Waals surface area contributed by atoms with Gasteiger partial charge in [-0.3, -0.25) is 9.78 Å². The maximum Gasteiger partial charge on any atom is 0.194 e. The molecule has 0 saturated carbocycles. The first-order chi connectivity index (χ1) is 13.6. The van der Waals surface area contributed by atoms with Crippen molar-refractivity contribution in [2.45, 2.75) is 36.8 Å². The second-order valence-electron chi connectivity index (χ2n) is 7.91. The fraction of sp³-hybridized carbons (Fsp3) is 0.217. The molecular weight excluding hydrogens is 406 g/mol. The summed E-state index contributed by atoms with van der Waals surface area (Å²) >= 11 is 6.08. The molecule has 4 nitrogen and oxygen atoms in total. The van der Waals surface area contributed by atoms with Crippen molar-refractivity contribution in [1.82, 2.24) is 4.98 Å². The van der Waals surface area contributed by atoms with Crippen LogP contribution in [-0.4, -0.2) is 19.2 Å². The molecular formula is C23H22ClNO3S. The van der Waals surface area contributed by atoms with E-state index in [-0.39, 0.29) is 27.4 Å². The Hall–Kier alpha value is -2.50. The Morgan fingerprint density at radius 3 is 2.31 bits per heavy atom.